The van der Waals surface area contributed by atoms with Gasteiger partial charge in [0.25, 0.3) is 0 Å². The van der Waals surface area contributed by atoms with E-state index in [1.807, 2.05) is 27.7 Å². The summed E-state index contributed by atoms with van der Waals surface area (Å²) < 4.78 is 28.0. The van der Waals surface area contributed by atoms with Gasteiger partial charge in [0, 0.05) is 24.3 Å². The Hall–Kier alpha value is -2.96. The Kier molecular flexibility index (Phi) is 7.28. The Morgan fingerprint density at radius 2 is 0.852 bits per heavy atom. The van der Waals surface area contributed by atoms with E-state index in [1.54, 1.807) is 12.1 Å². The van der Waals surface area contributed by atoms with Gasteiger partial charge in [-0.2, -0.15) is 0 Å². The molecule has 0 saturated heterocycles. The van der Waals surface area contributed by atoms with Crippen LogP contribution in [0.25, 0.3) is 0 Å². The lowest BCUT2D eigenvalue weighted by Crippen LogP contribution is -2.00. The van der Waals surface area contributed by atoms with E-state index in [9.17, 15) is 10.2 Å². The van der Waals surface area contributed by atoms with Crippen LogP contribution >= 0.6 is 0 Å². The summed E-state index contributed by atoms with van der Waals surface area (Å²) in [5.74, 6) is 1.85. The van der Waals surface area contributed by atoms with Crippen LogP contribution in [-0.2, 0) is 0 Å². The van der Waals surface area contributed by atoms with Crippen LogP contribution in [0.15, 0.2) is 24.3 Å². The molecule has 2 aromatic carbocycles. The van der Waals surface area contributed by atoms with Crippen LogP contribution in [0.1, 0.15) is 27.7 Å². The van der Waals surface area contributed by atoms with Gasteiger partial charge in [-0.05, 0) is 27.7 Å². The van der Waals surface area contributed by atoms with Gasteiger partial charge in [-0.3, -0.25) is 0 Å². The van der Waals surface area contributed by atoms with Crippen LogP contribution < -0.4 is 23.7 Å². The highest BCUT2D eigenvalue weighted by Gasteiger charge is 2.18. The fourth-order valence-corrected chi connectivity index (χ4v) is 2.42. The van der Waals surface area contributed by atoms with Crippen LogP contribution in [-0.4, -0.2) is 36.6 Å². The summed E-state index contributed by atoms with van der Waals surface area (Å²) in [5, 5.41) is 20.2. The molecule has 2 N–H and O–H groups in total. The number of benzene rings is 2. The van der Waals surface area contributed by atoms with Gasteiger partial charge >= 0.3 is 0 Å². The highest BCUT2D eigenvalue weighted by Crippen LogP contribution is 2.45. The molecule has 0 aliphatic heterocycles. The Morgan fingerprint density at radius 3 is 1.19 bits per heavy atom. The molecule has 7 nitrogen and oxygen atoms in total. The highest BCUT2D eigenvalue weighted by molar-refractivity contribution is 5.58. The first-order chi connectivity index (χ1) is 13.0. The topological polar surface area (TPSA) is 86.6 Å². The minimum absolute atomic E-state index is 0.0432. The van der Waals surface area contributed by atoms with Gasteiger partial charge in [-0.25, -0.2) is 0 Å². The summed E-state index contributed by atoms with van der Waals surface area (Å²) in [5.41, 5.74) is 0. The van der Waals surface area contributed by atoms with Crippen molar-refractivity contribution >= 4 is 0 Å². The van der Waals surface area contributed by atoms with Crippen molar-refractivity contribution < 1.29 is 33.9 Å². The second-order valence-electron chi connectivity index (χ2n) is 5.37. The smallest absolute Gasteiger partial charge is 0.173 e. The van der Waals surface area contributed by atoms with Gasteiger partial charge in [-0.1, -0.05) is 0 Å². The van der Waals surface area contributed by atoms with E-state index in [1.165, 1.54) is 12.1 Å². The monoisotopic (exact) mass is 378 g/mol. The summed E-state index contributed by atoms with van der Waals surface area (Å²) in [6.45, 7) is 8.85. The molecule has 0 aromatic heterocycles. The fourth-order valence-electron chi connectivity index (χ4n) is 2.42. The summed E-state index contributed by atoms with van der Waals surface area (Å²) in [6, 6.07) is 5.97. The third kappa shape index (κ3) is 5.03. The lowest BCUT2D eigenvalue weighted by molar-refractivity contribution is 0.287. The molecule has 0 aliphatic rings. The molecule has 0 atom stereocenters. The standard InChI is InChI=1S/C20H26O7/c1-5-23-15-11-19(17(25-7-3)9-13(15)21)27-20-12-16(24-6-2)14(22)10-18(20)26-8-4/h9-12,21-22H,5-8H2,1-4H3. The zero-order valence-corrected chi connectivity index (χ0v) is 16.1. The van der Waals surface area contributed by atoms with Crippen molar-refractivity contribution in [3.8, 4) is 46.0 Å². The van der Waals surface area contributed by atoms with E-state index in [0.29, 0.717) is 49.4 Å². The minimum atomic E-state index is -0.0432. The lowest BCUT2D eigenvalue weighted by Gasteiger charge is -2.18. The van der Waals surface area contributed by atoms with E-state index >= 15 is 0 Å². The molecule has 0 bridgehead atoms. The number of phenolic OH excluding ortho intramolecular Hbond substituents is 2. The van der Waals surface area contributed by atoms with Gasteiger partial charge in [0.15, 0.2) is 46.0 Å². The minimum Gasteiger partial charge on any atom is -0.504 e. The maximum Gasteiger partial charge on any atom is 0.173 e. The van der Waals surface area contributed by atoms with Crippen molar-refractivity contribution in [2.24, 2.45) is 0 Å². The number of hydrogen-bond donors (Lipinski definition) is 2. The van der Waals surface area contributed by atoms with Crippen molar-refractivity contribution in [1.29, 1.82) is 0 Å². The second kappa shape index (κ2) is 9.66. The van der Waals surface area contributed by atoms with Crippen LogP contribution in [0.3, 0.4) is 0 Å². The molecule has 7 heteroatoms. The number of ether oxygens (including phenoxy) is 5. The first-order valence-electron chi connectivity index (χ1n) is 8.96. The molecule has 0 heterocycles. The molecular formula is C20H26O7. The van der Waals surface area contributed by atoms with E-state index in [0.717, 1.165) is 0 Å². The van der Waals surface area contributed by atoms with Crippen molar-refractivity contribution in [2.75, 3.05) is 26.4 Å². The lowest BCUT2D eigenvalue weighted by atomic mass is 10.2. The quantitative estimate of drug-likeness (QED) is 0.630. The molecule has 0 aliphatic carbocycles. The van der Waals surface area contributed by atoms with Crippen LogP contribution in [0.2, 0.25) is 0 Å². The molecule has 0 radical (unpaired) electrons. The first kappa shape index (κ1) is 20.4. The summed E-state index contributed by atoms with van der Waals surface area (Å²) >= 11 is 0. The molecule has 0 spiro atoms. The average molecular weight is 378 g/mol. The van der Waals surface area contributed by atoms with Crippen LogP contribution in [0, 0.1) is 0 Å². The SMILES string of the molecule is CCOc1cc(Oc2cc(OCC)c(O)cc2OCC)c(OCC)cc1O. The van der Waals surface area contributed by atoms with Gasteiger partial charge in [0.1, 0.15) is 0 Å². The zero-order chi connectivity index (χ0) is 19.8. The molecule has 0 fully saturated rings. The van der Waals surface area contributed by atoms with Crippen molar-refractivity contribution in [3.05, 3.63) is 24.3 Å². The summed E-state index contributed by atoms with van der Waals surface area (Å²) in [4.78, 5) is 0. The van der Waals surface area contributed by atoms with Crippen molar-refractivity contribution in [1.82, 2.24) is 0 Å². The van der Waals surface area contributed by atoms with Crippen LogP contribution in [0.4, 0.5) is 0 Å². The third-order valence-electron chi connectivity index (χ3n) is 3.47. The second-order valence-corrected chi connectivity index (χ2v) is 5.37. The number of rotatable bonds is 10. The maximum absolute atomic E-state index is 10.1. The molecule has 0 unspecified atom stereocenters. The number of phenols is 2. The maximum atomic E-state index is 10.1. The zero-order valence-electron chi connectivity index (χ0n) is 16.1. The highest BCUT2D eigenvalue weighted by atomic mass is 16.5. The molecular weight excluding hydrogens is 352 g/mol. The van der Waals surface area contributed by atoms with Gasteiger partial charge in [0.05, 0.1) is 26.4 Å². The van der Waals surface area contributed by atoms with E-state index in [2.05, 4.69) is 0 Å². The molecule has 148 valence electrons. The van der Waals surface area contributed by atoms with Crippen molar-refractivity contribution in [2.45, 2.75) is 27.7 Å². The molecule has 0 saturated carbocycles. The molecule has 2 rings (SSSR count). The Labute approximate surface area is 159 Å². The van der Waals surface area contributed by atoms with Gasteiger partial charge < -0.3 is 33.9 Å². The summed E-state index contributed by atoms with van der Waals surface area (Å²) in [7, 11) is 0. The predicted octanol–water partition coefficient (Wildman–Crippen LogP) is 4.48. The van der Waals surface area contributed by atoms with E-state index < -0.39 is 0 Å². The Morgan fingerprint density at radius 1 is 0.519 bits per heavy atom. The fraction of sp³-hybridized carbons (Fsp3) is 0.400. The molecule has 0 amide bonds. The van der Waals surface area contributed by atoms with Gasteiger partial charge in [-0.15, -0.1) is 0 Å². The predicted molar refractivity (Wildman–Crippen MR) is 101 cm³/mol. The van der Waals surface area contributed by atoms with Crippen molar-refractivity contribution in [3.63, 3.8) is 0 Å². The Balaban J connectivity index is 2.49. The Bertz CT molecular complexity index is 695. The molecule has 27 heavy (non-hydrogen) atoms. The average Bonchev–Trinajstić information content (AvgIpc) is 2.63. The van der Waals surface area contributed by atoms with Crippen LogP contribution in [0.5, 0.6) is 46.0 Å². The van der Waals surface area contributed by atoms with Gasteiger partial charge in [0.2, 0.25) is 0 Å². The normalized spacial score (nSPS) is 10.4. The van der Waals surface area contributed by atoms with E-state index in [4.69, 9.17) is 23.7 Å². The number of hydrogen-bond acceptors (Lipinski definition) is 7. The largest absolute Gasteiger partial charge is 0.504 e. The summed E-state index contributed by atoms with van der Waals surface area (Å²) in [6.07, 6.45) is 0. The molecule has 2 aromatic rings. The third-order valence-corrected chi connectivity index (χ3v) is 3.47. The first-order valence-corrected chi connectivity index (χ1v) is 8.96. The van der Waals surface area contributed by atoms with E-state index in [-0.39, 0.29) is 23.0 Å². The number of aromatic hydroxyl groups is 2.